The van der Waals surface area contributed by atoms with E-state index in [0.717, 1.165) is 51.4 Å². The number of aliphatic hydroxyl groups excluding tert-OH is 2. The van der Waals surface area contributed by atoms with Crippen LogP contribution in [0, 0.1) is 0 Å². The summed E-state index contributed by atoms with van der Waals surface area (Å²) in [4.78, 5) is 24.6. The van der Waals surface area contributed by atoms with Gasteiger partial charge in [-0.3, -0.25) is 9.59 Å². The van der Waals surface area contributed by atoms with E-state index < -0.39 is 12.1 Å². The molecular weight excluding hydrogens is 1050 g/mol. The van der Waals surface area contributed by atoms with E-state index in [1.54, 1.807) is 0 Å². The molecule has 0 aliphatic carbocycles. The van der Waals surface area contributed by atoms with E-state index in [1.165, 1.54) is 366 Å². The Balaban J connectivity index is 3.28. The van der Waals surface area contributed by atoms with Crippen molar-refractivity contribution in [3.63, 3.8) is 0 Å². The molecule has 0 aliphatic rings. The molecular formula is C80H155NO5. The van der Waals surface area contributed by atoms with Gasteiger partial charge in [0.1, 0.15) is 0 Å². The molecule has 0 radical (unpaired) electrons. The van der Waals surface area contributed by atoms with Crippen LogP contribution in [0.15, 0.2) is 24.3 Å². The number of rotatable bonds is 75. The van der Waals surface area contributed by atoms with Crippen molar-refractivity contribution in [1.82, 2.24) is 5.32 Å². The second-order valence-corrected chi connectivity index (χ2v) is 27.4. The smallest absolute Gasteiger partial charge is 0.305 e. The van der Waals surface area contributed by atoms with E-state index in [0.29, 0.717) is 25.9 Å². The topological polar surface area (TPSA) is 95.9 Å². The number of carbonyl (C=O) groups is 2. The number of carbonyl (C=O) groups excluding carboxylic acids is 2. The molecule has 2 atom stereocenters. The normalized spacial score (nSPS) is 12.6. The molecule has 86 heavy (non-hydrogen) atoms. The van der Waals surface area contributed by atoms with Crippen molar-refractivity contribution in [1.29, 1.82) is 0 Å². The molecule has 3 N–H and O–H groups in total. The number of esters is 1. The van der Waals surface area contributed by atoms with E-state index in [1.807, 2.05) is 0 Å². The first-order chi connectivity index (χ1) is 42.5. The van der Waals surface area contributed by atoms with Crippen LogP contribution in [0.4, 0.5) is 0 Å². The highest BCUT2D eigenvalue weighted by atomic mass is 16.5. The van der Waals surface area contributed by atoms with Gasteiger partial charge in [-0.15, -0.1) is 0 Å². The van der Waals surface area contributed by atoms with Crippen LogP contribution in [0.2, 0.25) is 0 Å². The van der Waals surface area contributed by atoms with Gasteiger partial charge in [0.15, 0.2) is 0 Å². The van der Waals surface area contributed by atoms with E-state index in [4.69, 9.17) is 4.74 Å². The third-order valence-corrected chi connectivity index (χ3v) is 18.8. The standard InChI is InChI=1S/C80H155NO5/c1-3-5-7-9-11-13-15-17-19-46-50-54-58-62-66-70-74-80(85)86-75-71-67-63-59-55-51-47-44-42-40-38-36-34-32-30-28-26-24-22-20-21-23-25-27-29-31-33-35-37-39-41-43-45-49-53-57-61-65-69-73-79(84)81-77(76-82)78(83)72-68-64-60-56-52-48-18-16-14-12-10-8-6-4-2/h13,15,19,46,77-78,82-83H,3-12,14,16-18,20-45,47-76H2,1-2H3,(H,81,84)/b15-13-,46-19-. The molecule has 510 valence electrons. The van der Waals surface area contributed by atoms with E-state index in [9.17, 15) is 19.8 Å². The second kappa shape index (κ2) is 75.8. The number of hydrogen-bond acceptors (Lipinski definition) is 5. The van der Waals surface area contributed by atoms with Gasteiger partial charge < -0.3 is 20.3 Å². The Kier molecular flexibility index (Phi) is 74.3. The summed E-state index contributed by atoms with van der Waals surface area (Å²) in [6.45, 7) is 4.97. The highest BCUT2D eigenvalue weighted by molar-refractivity contribution is 5.76. The second-order valence-electron chi connectivity index (χ2n) is 27.4. The summed E-state index contributed by atoms with van der Waals surface area (Å²) >= 11 is 0. The van der Waals surface area contributed by atoms with Gasteiger partial charge in [-0.1, -0.05) is 404 Å². The molecule has 0 bridgehead atoms. The van der Waals surface area contributed by atoms with Crippen molar-refractivity contribution in [2.24, 2.45) is 0 Å². The zero-order valence-corrected chi connectivity index (χ0v) is 58.6. The largest absolute Gasteiger partial charge is 0.466 e. The maximum absolute atomic E-state index is 12.5. The number of aliphatic hydroxyl groups is 2. The van der Waals surface area contributed by atoms with Gasteiger partial charge >= 0.3 is 5.97 Å². The van der Waals surface area contributed by atoms with Gasteiger partial charge in [0.2, 0.25) is 5.91 Å². The molecule has 0 aromatic carbocycles. The fourth-order valence-electron chi connectivity index (χ4n) is 12.7. The van der Waals surface area contributed by atoms with Crippen molar-refractivity contribution < 1.29 is 24.5 Å². The van der Waals surface area contributed by atoms with Crippen LogP contribution < -0.4 is 5.32 Å². The number of nitrogens with one attached hydrogen (secondary N) is 1. The Morgan fingerprint density at radius 2 is 0.581 bits per heavy atom. The van der Waals surface area contributed by atoms with Gasteiger partial charge in [0.25, 0.3) is 0 Å². The van der Waals surface area contributed by atoms with Crippen LogP contribution in [0.1, 0.15) is 450 Å². The lowest BCUT2D eigenvalue weighted by molar-refractivity contribution is -0.143. The molecule has 0 saturated carbocycles. The average Bonchev–Trinajstić information content (AvgIpc) is 3.51. The van der Waals surface area contributed by atoms with Crippen molar-refractivity contribution in [2.75, 3.05) is 13.2 Å². The lowest BCUT2D eigenvalue weighted by atomic mass is 10.0. The molecule has 1 amide bonds. The Labute approximate surface area is 539 Å². The number of unbranched alkanes of at least 4 members (excludes halogenated alkanes) is 60. The molecule has 0 aliphatic heterocycles. The lowest BCUT2D eigenvalue weighted by Gasteiger charge is -2.22. The molecule has 0 rings (SSSR count). The van der Waals surface area contributed by atoms with Crippen molar-refractivity contribution >= 4 is 11.9 Å². The first-order valence-electron chi connectivity index (χ1n) is 39.6. The molecule has 6 heteroatoms. The number of allylic oxidation sites excluding steroid dienone is 4. The summed E-state index contributed by atoms with van der Waals surface area (Å²) in [6, 6.07) is -0.536. The number of hydrogen-bond donors (Lipinski definition) is 3. The predicted octanol–water partition coefficient (Wildman–Crippen LogP) is 26.0. The number of amides is 1. The minimum atomic E-state index is -0.659. The van der Waals surface area contributed by atoms with Crippen LogP contribution in [0.25, 0.3) is 0 Å². The third kappa shape index (κ3) is 71.4. The molecule has 0 saturated heterocycles. The summed E-state index contributed by atoms with van der Waals surface area (Å²) in [5.41, 5.74) is 0. The van der Waals surface area contributed by atoms with Gasteiger partial charge in [-0.05, 0) is 57.8 Å². The van der Waals surface area contributed by atoms with Crippen LogP contribution in [-0.2, 0) is 14.3 Å². The van der Waals surface area contributed by atoms with Crippen molar-refractivity contribution in [2.45, 2.75) is 463 Å². The zero-order valence-electron chi connectivity index (χ0n) is 58.6. The van der Waals surface area contributed by atoms with Crippen LogP contribution >= 0.6 is 0 Å². The first-order valence-corrected chi connectivity index (χ1v) is 39.6. The summed E-state index contributed by atoms with van der Waals surface area (Å²) < 4.78 is 5.50. The van der Waals surface area contributed by atoms with Crippen molar-refractivity contribution in [3.8, 4) is 0 Å². The molecule has 2 unspecified atom stereocenters. The summed E-state index contributed by atoms with van der Waals surface area (Å²) in [5, 5.41) is 23.3. The van der Waals surface area contributed by atoms with E-state index in [-0.39, 0.29) is 18.5 Å². The fraction of sp³-hybridized carbons (Fsp3) is 0.925. The quantitative estimate of drug-likeness (QED) is 0.0320. The lowest BCUT2D eigenvalue weighted by Crippen LogP contribution is -2.45. The van der Waals surface area contributed by atoms with E-state index >= 15 is 0 Å². The SMILES string of the molecule is CCCCCC/C=C\C/C=C\CCCCCCCC(=O)OCCCCCCCCCCCCCCCCCCCCCCCCCCCCCCCCCCCCCCCCCC(=O)NC(CO)C(O)CCCCCCCCCCCCCCCC. The first kappa shape index (κ1) is 84.3. The Morgan fingerprint density at radius 1 is 0.326 bits per heavy atom. The summed E-state index contributed by atoms with van der Waals surface area (Å²) in [6.07, 6.45) is 97.1. The minimum absolute atomic E-state index is 0.0113. The molecule has 0 aromatic rings. The van der Waals surface area contributed by atoms with Gasteiger partial charge in [-0.25, -0.2) is 0 Å². The summed E-state index contributed by atoms with van der Waals surface area (Å²) in [5.74, 6) is -0.0144. The maximum atomic E-state index is 12.5. The van der Waals surface area contributed by atoms with E-state index in [2.05, 4.69) is 43.5 Å². The van der Waals surface area contributed by atoms with Crippen LogP contribution in [0.3, 0.4) is 0 Å². The Bertz CT molecular complexity index is 1350. The molecule has 0 spiro atoms. The van der Waals surface area contributed by atoms with Crippen LogP contribution in [-0.4, -0.2) is 47.4 Å². The zero-order chi connectivity index (χ0) is 62.0. The van der Waals surface area contributed by atoms with Gasteiger partial charge in [0.05, 0.1) is 25.4 Å². The Hall–Kier alpha value is -1.66. The van der Waals surface area contributed by atoms with Gasteiger partial charge in [0, 0.05) is 12.8 Å². The number of ether oxygens (including phenoxy) is 1. The third-order valence-electron chi connectivity index (χ3n) is 18.8. The predicted molar refractivity (Wildman–Crippen MR) is 380 cm³/mol. The fourth-order valence-corrected chi connectivity index (χ4v) is 12.7. The molecule has 0 fully saturated rings. The Morgan fingerprint density at radius 3 is 0.895 bits per heavy atom. The monoisotopic (exact) mass is 1210 g/mol. The van der Waals surface area contributed by atoms with Crippen molar-refractivity contribution in [3.05, 3.63) is 24.3 Å². The average molecular weight is 1210 g/mol. The highest BCUT2D eigenvalue weighted by Gasteiger charge is 2.20. The molecule has 6 nitrogen and oxygen atoms in total. The molecule has 0 heterocycles. The summed E-state index contributed by atoms with van der Waals surface area (Å²) in [7, 11) is 0. The molecule has 0 aromatic heterocycles. The highest BCUT2D eigenvalue weighted by Crippen LogP contribution is 2.20. The van der Waals surface area contributed by atoms with Gasteiger partial charge in [-0.2, -0.15) is 0 Å². The minimum Gasteiger partial charge on any atom is -0.466 e. The maximum Gasteiger partial charge on any atom is 0.305 e. The van der Waals surface area contributed by atoms with Crippen LogP contribution in [0.5, 0.6) is 0 Å².